The molecule has 0 amide bonds. The van der Waals surface area contributed by atoms with Crippen molar-refractivity contribution in [2.75, 3.05) is 0 Å². The molecule has 38 valence electrons. The molecule has 0 spiro atoms. The van der Waals surface area contributed by atoms with Gasteiger partial charge >= 0.3 is 5.97 Å². The second-order valence-electron chi connectivity index (χ2n) is 1.22. The molecule has 0 aromatic rings. The molecule has 1 rings (SSSR count). The molecule has 7 heavy (non-hydrogen) atoms. The Hall–Kier alpha value is -0.990. The number of ether oxygens (including phenoxy) is 1. The van der Waals surface area contributed by atoms with Crippen molar-refractivity contribution in [3.63, 3.8) is 0 Å². The molecule has 1 aliphatic heterocycles. The Labute approximate surface area is 40.2 Å². The van der Waals surface area contributed by atoms with Crippen LogP contribution in [0.15, 0.2) is 12.3 Å². The number of carboxylic acids is 1. The smallest absolute Gasteiger partial charge is 0.349 e. The summed E-state index contributed by atoms with van der Waals surface area (Å²) in [5.41, 5.74) is 0. The summed E-state index contributed by atoms with van der Waals surface area (Å²) in [6.07, 6.45) is 2.15. The highest BCUT2D eigenvalue weighted by Crippen LogP contribution is 2.04. The zero-order valence-corrected chi connectivity index (χ0v) is 3.50. The van der Waals surface area contributed by atoms with Gasteiger partial charge in [-0.05, 0) is 0 Å². The van der Waals surface area contributed by atoms with Crippen molar-refractivity contribution in [3.05, 3.63) is 12.3 Å². The summed E-state index contributed by atoms with van der Waals surface area (Å²) in [6.45, 7) is 0. The standard InChI is InChI=1S/C4H4O3/c5-4(6)3-1-2-7-3/h1-3H,(H,5,6). The minimum atomic E-state index is -0.928. The van der Waals surface area contributed by atoms with E-state index < -0.39 is 12.1 Å². The number of rotatable bonds is 1. The molecule has 1 unspecified atom stereocenters. The third kappa shape index (κ3) is 0.559. The van der Waals surface area contributed by atoms with Crippen molar-refractivity contribution in [2.24, 2.45) is 0 Å². The number of carbonyl (C=O) groups is 1. The highest BCUT2D eigenvalue weighted by molar-refractivity contribution is 5.75. The first-order valence-electron chi connectivity index (χ1n) is 1.85. The van der Waals surface area contributed by atoms with E-state index in [1.54, 1.807) is 0 Å². The van der Waals surface area contributed by atoms with Gasteiger partial charge in [-0.15, -0.1) is 0 Å². The van der Waals surface area contributed by atoms with E-state index >= 15 is 0 Å². The Balaban J connectivity index is 2.44. The fourth-order valence-corrected chi connectivity index (χ4v) is 0.298. The lowest BCUT2D eigenvalue weighted by Gasteiger charge is -2.13. The number of carboxylic acid groups (broad SMARTS) is 1. The third-order valence-corrected chi connectivity index (χ3v) is 0.722. The molecule has 1 atom stereocenters. The predicted octanol–water partition coefficient (Wildman–Crippen LogP) is -0.0165. The molecule has 0 aromatic heterocycles. The summed E-state index contributed by atoms with van der Waals surface area (Å²) in [6, 6.07) is 0. The van der Waals surface area contributed by atoms with E-state index in [0.717, 1.165) is 0 Å². The molecule has 0 aromatic carbocycles. The van der Waals surface area contributed by atoms with Gasteiger partial charge in [0.05, 0.1) is 6.26 Å². The normalized spacial score (nSPS) is 25.4. The minimum absolute atomic E-state index is 0.681. The fraction of sp³-hybridized carbons (Fsp3) is 0.250. The maximum Gasteiger partial charge on any atom is 0.349 e. The van der Waals surface area contributed by atoms with Crippen LogP contribution in [-0.4, -0.2) is 17.2 Å². The van der Waals surface area contributed by atoms with Crippen molar-refractivity contribution in [3.8, 4) is 0 Å². The fourth-order valence-electron chi connectivity index (χ4n) is 0.298. The molecule has 3 heteroatoms. The van der Waals surface area contributed by atoms with Crippen molar-refractivity contribution in [2.45, 2.75) is 6.10 Å². The molecule has 3 nitrogen and oxygen atoms in total. The van der Waals surface area contributed by atoms with E-state index in [4.69, 9.17) is 5.11 Å². The molecule has 1 aliphatic rings. The van der Waals surface area contributed by atoms with Crippen LogP contribution < -0.4 is 0 Å². The predicted molar refractivity (Wildman–Crippen MR) is 21.6 cm³/mol. The van der Waals surface area contributed by atoms with Gasteiger partial charge in [0.25, 0.3) is 0 Å². The molecule has 1 heterocycles. The lowest BCUT2D eigenvalue weighted by atomic mass is 10.3. The van der Waals surface area contributed by atoms with Crippen LogP contribution in [0.3, 0.4) is 0 Å². The topological polar surface area (TPSA) is 46.5 Å². The first-order valence-corrected chi connectivity index (χ1v) is 1.85. The molecule has 0 radical (unpaired) electrons. The Morgan fingerprint density at radius 1 is 1.86 bits per heavy atom. The lowest BCUT2D eigenvalue weighted by Crippen LogP contribution is -2.24. The number of aliphatic carboxylic acids is 1. The number of hydrogen-bond donors (Lipinski definition) is 1. The zero-order chi connectivity index (χ0) is 5.28. The molecule has 0 bridgehead atoms. The SMILES string of the molecule is O=C(O)C1C=CO1. The summed E-state index contributed by atoms with van der Waals surface area (Å²) < 4.78 is 4.41. The van der Waals surface area contributed by atoms with E-state index in [-0.39, 0.29) is 0 Å². The van der Waals surface area contributed by atoms with E-state index in [1.807, 2.05) is 0 Å². The highest BCUT2D eigenvalue weighted by atomic mass is 16.5. The third-order valence-electron chi connectivity index (χ3n) is 0.722. The first-order chi connectivity index (χ1) is 3.30. The van der Waals surface area contributed by atoms with Crippen molar-refractivity contribution < 1.29 is 14.6 Å². The van der Waals surface area contributed by atoms with Crippen LogP contribution in [0, 0.1) is 0 Å². The summed E-state index contributed by atoms with van der Waals surface area (Å²) >= 11 is 0. The molecule has 0 saturated carbocycles. The maximum absolute atomic E-state index is 9.81. The van der Waals surface area contributed by atoms with Gasteiger partial charge in [-0.25, -0.2) is 4.79 Å². The molecule has 0 saturated heterocycles. The van der Waals surface area contributed by atoms with Gasteiger partial charge in [0.2, 0.25) is 6.10 Å². The van der Waals surface area contributed by atoms with E-state index in [0.29, 0.717) is 0 Å². The van der Waals surface area contributed by atoms with Gasteiger partial charge in [-0.2, -0.15) is 0 Å². The maximum atomic E-state index is 9.81. The van der Waals surface area contributed by atoms with Crippen LogP contribution in [0.5, 0.6) is 0 Å². The number of hydrogen-bond acceptors (Lipinski definition) is 2. The van der Waals surface area contributed by atoms with Gasteiger partial charge in [-0.3, -0.25) is 0 Å². The Morgan fingerprint density at radius 3 is 2.43 bits per heavy atom. The van der Waals surface area contributed by atoms with Gasteiger partial charge in [0.1, 0.15) is 0 Å². The van der Waals surface area contributed by atoms with Crippen LogP contribution in [0.2, 0.25) is 0 Å². The van der Waals surface area contributed by atoms with Crippen LogP contribution >= 0.6 is 0 Å². The van der Waals surface area contributed by atoms with Gasteiger partial charge in [-0.1, -0.05) is 0 Å². The van der Waals surface area contributed by atoms with Crippen LogP contribution in [-0.2, 0) is 9.53 Å². The van der Waals surface area contributed by atoms with Crippen LogP contribution in [0.4, 0.5) is 0 Å². The van der Waals surface area contributed by atoms with Gasteiger partial charge < -0.3 is 9.84 Å². The molecule has 0 aliphatic carbocycles. The molecule has 0 fully saturated rings. The summed E-state index contributed by atoms with van der Waals surface area (Å²) in [5, 5.41) is 8.06. The summed E-state index contributed by atoms with van der Waals surface area (Å²) in [5.74, 6) is -0.928. The molecular weight excluding hydrogens is 96.0 g/mol. The zero-order valence-electron chi connectivity index (χ0n) is 3.50. The van der Waals surface area contributed by atoms with Crippen molar-refractivity contribution in [1.82, 2.24) is 0 Å². The average Bonchev–Trinajstić information content (AvgIpc) is 1.23. The second kappa shape index (κ2) is 1.26. The molecule has 1 N–H and O–H groups in total. The van der Waals surface area contributed by atoms with Gasteiger partial charge in [0, 0.05) is 6.08 Å². The monoisotopic (exact) mass is 100 g/mol. The van der Waals surface area contributed by atoms with Crippen molar-refractivity contribution in [1.29, 1.82) is 0 Å². The van der Waals surface area contributed by atoms with Crippen LogP contribution in [0.1, 0.15) is 0 Å². The lowest BCUT2D eigenvalue weighted by molar-refractivity contribution is -0.146. The minimum Gasteiger partial charge on any atom is -0.482 e. The van der Waals surface area contributed by atoms with Gasteiger partial charge in [0.15, 0.2) is 0 Å². The van der Waals surface area contributed by atoms with Crippen molar-refractivity contribution >= 4 is 5.97 Å². The average molecular weight is 100 g/mol. The Bertz CT molecular complexity index is 116. The molecular formula is C4H4O3. The highest BCUT2D eigenvalue weighted by Gasteiger charge is 2.18. The summed E-state index contributed by atoms with van der Waals surface area (Å²) in [7, 11) is 0. The van der Waals surface area contributed by atoms with E-state index in [9.17, 15) is 4.79 Å². The Kier molecular flexibility index (Phi) is 0.749. The quantitative estimate of drug-likeness (QED) is 0.503. The summed E-state index contributed by atoms with van der Waals surface area (Å²) in [4.78, 5) is 9.81. The van der Waals surface area contributed by atoms with E-state index in [2.05, 4.69) is 4.74 Å². The van der Waals surface area contributed by atoms with Crippen LogP contribution in [0.25, 0.3) is 0 Å². The largest absolute Gasteiger partial charge is 0.482 e. The second-order valence-corrected chi connectivity index (χ2v) is 1.22. The first kappa shape index (κ1) is 4.18. The van der Waals surface area contributed by atoms with E-state index in [1.165, 1.54) is 12.3 Å². The Morgan fingerprint density at radius 2 is 2.43 bits per heavy atom.